The normalized spacial score (nSPS) is 11.0. The Hall–Kier alpha value is -0.620. The summed E-state index contributed by atoms with van der Waals surface area (Å²) in [4.78, 5) is 5.78. The molecule has 3 aromatic rings. The van der Waals surface area contributed by atoms with Crippen molar-refractivity contribution in [1.82, 2.24) is 4.98 Å². The van der Waals surface area contributed by atoms with Crippen LogP contribution in [0.1, 0.15) is 4.88 Å². The first-order valence-corrected chi connectivity index (χ1v) is 8.06. The maximum atomic E-state index is 6.13. The molecule has 0 amide bonds. The van der Waals surface area contributed by atoms with Crippen LogP contribution in [0.3, 0.4) is 0 Å². The lowest BCUT2D eigenvalue weighted by Crippen LogP contribution is -1.95. The number of anilines is 1. The fourth-order valence-corrected chi connectivity index (χ4v) is 4.17. The first kappa shape index (κ1) is 12.4. The molecule has 0 radical (unpaired) electrons. The van der Waals surface area contributed by atoms with Crippen LogP contribution in [0.25, 0.3) is 10.2 Å². The molecular weight excluding hydrogens is 352 g/mol. The summed E-state index contributed by atoms with van der Waals surface area (Å²) in [6.07, 6.45) is 0. The molecule has 2 nitrogen and oxygen atoms in total. The molecule has 0 aliphatic carbocycles. The third-order valence-corrected chi connectivity index (χ3v) is 5.52. The molecule has 92 valence electrons. The van der Waals surface area contributed by atoms with Gasteiger partial charge in [-0.3, -0.25) is 0 Å². The van der Waals surface area contributed by atoms with Gasteiger partial charge in [0.1, 0.15) is 0 Å². The van der Waals surface area contributed by atoms with Crippen LogP contribution >= 0.6 is 50.2 Å². The summed E-state index contributed by atoms with van der Waals surface area (Å²) < 4.78 is 2.18. The Morgan fingerprint density at radius 3 is 2.83 bits per heavy atom. The number of aromatic nitrogens is 1. The molecule has 0 saturated carbocycles. The molecule has 0 aliphatic rings. The number of benzene rings is 1. The number of thiophene rings is 1. The van der Waals surface area contributed by atoms with Crippen molar-refractivity contribution in [3.05, 3.63) is 44.0 Å². The van der Waals surface area contributed by atoms with Crippen LogP contribution in [-0.2, 0) is 6.54 Å². The van der Waals surface area contributed by atoms with Gasteiger partial charge in [-0.15, -0.1) is 11.3 Å². The highest BCUT2D eigenvalue weighted by Crippen LogP contribution is 2.32. The number of fused-ring (bicyclic) bond motifs is 1. The highest BCUT2D eigenvalue weighted by molar-refractivity contribution is 9.11. The van der Waals surface area contributed by atoms with Gasteiger partial charge in [0.2, 0.25) is 0 Å². The summed E-state index contributed by atoms with van der Waals surface area (Å²) >= 11 is 12.9. The third kappa shape index (κ3) is 2.54. The molecule has 6 heteroatoms. The molecular formula is C12H8BrClN2S2. The van der Waals surface area contributed by atoms with E-state index in [4.69, 9.17) is 11.6 Å². The SMILES string of the molecule is Clc1cccc2nc(NCc3ccc(Br)s3)sc12. The lowest BCUT2D eigenvalue weighted by Gasteiger charge is -1.98. The van der Waals surface area contributed by atoms with Crippen LogP contribution in [0.4, 0.5) is 5.13 Å². The van der Waals surface area contributed by atoms with Crippen LogP contribution in [-0.4, -0.2) is 4.98 Å². The van der Waals surface area contributed by atoms with E-state index in [9.17, 15) is 0 Å². The standard InChI is InChI=1S/C12H8BrClN2S2/c13-10-5-4-7(17-10)6-15-12-16-9-3-1-2-8(14)11(9)18-12/h1-5H,6H2,(H,15,16). The molecule has 0 unspecified atom stereocenters. The predicted octanol–water partition coefficient (Wildman–Crippen LogP) is 5.39. The summed E-state index contributed by atoms with van der Waals surface area (Å²) in [7, 11) is 0. The molecule has 2 aromatic heterocycles. The van der Waals surface area contributed by atoms with Gasteiger partial charge in [-0.25, -0.2) is 4.98 Å². The van der Waals surface area contributed by atoms with Gasteiger partial charge in [0, 0.05) is 4.88 Å². The zero-order chi connectivity index (χ0) is 12.5. The van der Waals surface area contributed by atoms with Crippen LogP contribution in [0.15, 0.2) is 34.1 Å². The second kappa shape index (κ2) is 5.17. The fraction of sp³-hybridized carbons (Fsp3) is 0.0833. The Morgan fingerprint density at radius 2 is 2.11 bits per heavy atom. The number of halogens is 2. The lowest BCUT2D eigenvalue weighted by atomic mass is 10.3. The number of thiazole rings is 1. The molecule has 0 aliphatic heterocycles. The van der Waals surface area contributed by atoms with Crippen molar-refractivity contribution in [2.75, 3.05) is 5.32 Å². The molecule has 0 atom stereocenters. The molecule has 1 N–H and O–H groups in total. The monoisotopic (exact) mass is 358 g/mol. The minimum absolute atomic E-state index is 0.761. The van der Waals surface area contributed by atoms with E-state index in [1.165, 1.54) is 4.88 Å². The topological polar surface area (TPSA) is 24.9 Å². The molecule has 0 spiro atoms. The van der Waals surface area contributed by atoms with Crippen molar-refractivity contribution in [3.8, 4) is 0 Å². The summed E-state index contributed by atoms with van der Waals surface area (Å²) in [5.41, 5.74) is 0.947. The Kier molecular flexibility index (Phi) is 3.56. The van der Waals surface area contributed by atoms with Gasteiger partial charge < -0.3 is 5.32 Å². The van der Waals surface area contributed by atoms with Crippen molar-refractivity contribution in [3.63, 3.8) is 0 Å². The summed E-state index contributed by atoms with van der Waals surface area (Å²) in [6, 6.07) is 9.94. The minimum Gasteiger partial charge on any atom is -0.357 e. The van der Waals surface area contributed by atoms with E-state index in [-0.39, 0.29) is 0 Å². The van der Waals surface area contributed by atoms with Crippen LogP contribution in [0.2, 0.25) is 5.02 Å². The summed E-state index contributed by atoms with van der Waals surface area (Å²) in [5.74, 6) is 0. The zero-order valence-corrected chi connectivity index (χ0v) is 13.1. The van der Waals surface area contributed by atoms with Gasteiger partial charge in [-0.2, -0.15) is 0 Å². The number of hydrogen-bond acceptors (Lipinski definition) is 4. The van der Waals surface area contributed by atoms with E-state index >= 15 is 0 Å². The average Bonchev–Trinajstić information content (AvgIpc) is 2.93. The molecule has 0 bridgehead atoms. The van der Waals surface area contributed by atoms with Crippen LogP contribution in [0.5, 0.6) is 0 Å². The number of hydrogen-bond donors (Lipinski definition) is 1. The van der Waals surface area contributed by atoms with Gasteiger partial charge in [0.15, 0.2) is 5.13 Å². The van der Waals surface area contributed by atoms with E-state index in [1.807, 2.05) is 18.2 Å². The van der Waals surface area contributed by atoms with E-state index in [1.54, 1.807) is 22.7 Å². The average molecular weight is 360 g/mol. The Bertz CT molecular complexity index is 692. The Labute approximate surface area is 126 Å². The second-order valence-electron chi connectivity index (χ2n) is 3.67. The number of nitrogens with zero attached hydrogens (tertiary/aromatic N) is 1. The van der Waals surface area contributed by atoms with Gasteiger partial charge >= 0.3 is 0 Å². The van der Waals surface area contributed by atoms with Crippen molar-refractivity contribution in [1.29, 1.82) is 0 Å². The summed E-state index contributed by atoms with van der Waals surface area (Å²) in [6.45, 7) is 0.785. The van der Waals surface area contributed by atoms with Crippen molar-refractivity contribution in [2.45, 2.75) is 6.54 Å². The number of rotatable bonds is 3. The van der Waals surface area contributed by atoms with E-state index in [2.05, 4.69) is 38.4 Å². The molecule has 18 heavy (non-hydrogen) atoms. The molecule has 2 heterocycles. The largest absolute Gasteiger partial charge is 0.357 e. The molecule has 0 fully saturated rings. The predicted molar refractivity (Wildman–Crippen MR) is 84.0 cm³/mol. The van der Waals surface area contributed by atoms with Gasteiger partial charge in [0.05, 0.1) is 25.6 Å². The number of nitrogens with one attached hydrogen (secondary N) is 1. The summed E-state index contributed by atoms with van der Waals surface area (Å²) in [5, 5.41) is 5.00. The first-order valence-electron chi connectivity index (χ1n) is 5.25. The van der Waals surface area contributed by atoms with E-state index < -0.39 is 0 Å². The quantitative estimate of drug-likeness (QED) is 0.678. The van der Waals surface area contributed by atoms with E-state index in [0.717, 1.165) is 30.7 Å². The molecule has 1 aromatic carbocycles. The third-order valence-electron chi connectivity index (χ3n) is 2.41. The second-order valence-corrected chi connectivity index (χ2v) is 7.62. The smallest absolute Gasteiger partial charge is 0.184 e. The first-order chi connectivity index (χ1) is 8.72. The van der Waals surface area contributed by atoms with Gasteiger partial charge in [0.25, 0.3) is 0 Å². The van der Waals surface area contributed by atoms with Gasteiger partial charge in [-0.05, 0) is 40.2 Å². The zero-order valence-electron chi connectivity index (χ0n) is 9.11. The maximum Gasteiger partial charge on any atom is 0.184 e. The van der Waals surface area contributed by atoms with Crippen molar-refractivity contribution >= 4 is 65.6 Å². The Balaban J connectivity index is 1.81. The van der Waals surface area contributed by atoms with E-state index in [0.29, 0.717) is 0 Å². The van der Waals surface area contributed by atoms with Crippen molar-refractivity contribution in [2.24, 2.45) is 0 Å². The molecule has 0 saturated heterocycles. The lowest BCUT2D eigenvalue weighted by molar-refractivity contribution is 1.18. The Morgan fingerprint density at radius 1 is 1.22 bits per heavy atom. The van der Waals surface area contributed by atoms with Gasteiger partial charge in [-0.1, -0.05) is 29.0 Å². The highest BCUT2D eigenvalue weighted by atomic mass is 79.9. The fourth-order valence-electron chi connectivity index (χ4n) is 1.60. The highest BCUT2D eigenvalue weighted by Gasteiger charge is 2.06. The minimum atomic E-state index is 0.761. The van der Waals surface area contributed by atoms with Crippen molar-refractivity contribution < 1.29 is 0 Å². The molecule has 3 rings (SSSR count). The van der Waals surface area contributed by atoms with Crippen LogP contribution < -0.4 is 5.32 Å². The van der Waals surface area contributed by atoms with Crippen LogP contribution in [0, 0.1) is 0 Å². The maximum absolute atomic E-state index is 6.13.